The summed E-state index contributed by atoms with van der Waals surface area (Å²) in [6, 6.07) is 17.1. The highest BCUT2D eigenvalue weighted by atomic mass is 35.5. The molecule has 1 saturated carbocycles. The molecule has 218 valence electrons. The molecule has 1 aliphatic carbocycles. The maximum atomic E-state index is 13.9. The number of nitro benzene ring substituents is 1. The predicted octanol–water partition coefficient (Wildman–Crippen LogP) is 7.11. The van der Waals surface area contributed by atoms with Gasteiger partial charge in [-0.05, 0) is 94.1 Å². The van der Waals surface area contributed by atoms with Crippen LogP contribution in [-0.4, -0.2) is 44.3 Å². The molecule has 11 heteroatoms. The molecular formula is C30H34ClN3O6S. The number of amides is 1. The number of anilines is 2. The molecule has 3 aromatic rings. The topological polar surface area (TPSA) is 110 Å². The Kier molecular flexibility index (Phi) is 9.55. The Balaban J connectivity index is 1.72. The van der Waals surface area contributed by atoms with Crippen molar-refractivity contribution in [3.8, 4) is 0 Å². The number of hydrogen-bond donors (Lipinski definition) is 0. The standard InChI is InChI=1S/C30H34ClN3O6S/c1-4-32(5-2)24-15-18-27(21(3)19-24)33(23-9-8-10-23)30(35)40-29(26-11-6-7-12-28(26)34(36)37)20-41(38,39)25-16-13-22(31)14-17-25/h6-7,11-19,23,29H,4-5,8-10,20H2,1-3H3. The Morgan fingerprint density at radius 2 is 1.73 bits per heavy atom. The van der Waals surface area contributed by atoms with E-state index in [2.05, 4.69) is 18.7 Å². The molecule has 0 radical (unpaired) electrons. The van der Waals surface area contributed by atoms with Crippen LogP contribution >= 0.6 is 11.6 Å². The Hall–Kier alpha value is -3.63. The van der Waals surface area contributed by atoms with Crippen LogP contribution in [-0.2, 0) is 14.6 Å². The summed E-state index contributed by atoms with van der Waals surface area (Å²) in [5.74, 6) is -0.677. The first-order valence-corrected chi connectivity index (χ1v) is 15.7. The number of nitrogens with zero attached hydrogens (tertiary/aromatic N) is 3. The summed E-state index contributed by atoms with van der Waals surface area (Å²) in [6.45, 7) is 7.75. The smallest absolute Gasteiger partial charge is 0.415 e. The zero-order chi connectivity index (χ0) is 29.7. The average Bonchev–Trinajstić information content (AvgIpc) is 2.91. The lowest BCUT2D eigenvalue weighted by Crippen LogP contribution is -2.45. The number of sulfone groups is 1. The molecule has 41 heavy (non-hydrogen) atoms. The fourth-order valence-corrected chi connectivity index (χ4v) is 6.53. The van der Waals surface area contributed by atoms with Crippen LogP contribution in [0.25, 0.3) is 0 Å². The lowest BCUT2D eigenvalue weighted by Gasteiger charge is -2.38. The Morgan fingerprint density at radius 3 is 2.29 bits per heavy atom. The second kappa shape index (κ2) is 12.9. The molecule has 1 atom stereocenters. The van der Waals surface area contributed by atoms with Crippen molar-refractivity contribution in [1.82, 2.24) is 0 Å². The van der Waals surface area contributed by atoms with Crippen LogP contribution in [0.5, 0.6) is 0 Å². The zero-order valence-corrected chi connectivity index (χ0v) is 24.9. The van der Waals surface area contributed by atoms with Crippen molar-refractivity contribution in [3.05, 3.63) is 93.0 Å². The van der Waals surface area contributed by atoms with Crippen molar-refractivity contribution in [3.63, 3.8) is 0 Å². The van der Waals surface area contributed by atoms with Gasteiger partial charge in [0.25, 0.3) is 5.69 Å². The van der Waals surface area contributed by atoms with E-state index in [0.717, 1.165) is 43.6 Å². The van der Waals surface area contributed by atoms with Crippen LogP contribution in [0.4, 0.5) is 21.9 Å². The second-order valence-electron chi connectivity index (χ2n) is 10.0. The van der Waals surface area contributed by atoms with Crippen molar-refractivity contribution in [2.24, 2.45) is 0 Å². The summed E-state index contributed by atoms with van der Waals surface area (Å²) in [7, 11) is -4.03. The monoisotopic (exact) mass is 599 g/mol. The highest BCUT2D eigenvalue weighted by Crippen LogP contribution is 2.37. The van der Waals surface area contributed by atoms with E-state index >= 15 is 0 Å². The first kappa shape index (κ1) is 30.3. The number of benzene rings is 3. The molecule has 0 bridgehead atoms. The molecule has 1 amide bonds. The van der Waals surface area contributed by atoms with E-state index in [1.165, 1.54) is 42.5 Å². The van der Waals surface area contributed by atoms with Gasteiger partial charge in [0.1, 0.15) is 6.10 Å². The fraction of sp³-hybridized carbons (Fsp3) is 0.367. The van der Waals surface area contributed by atoms with Crippen LogP contribution in [0, 0.1) is 17.0 Å². The Morgan fingerprint density at radius 1 is 1.07 bits per heavy atom. The third-order valence-electron chi connectivity index (χ3n) is 7.47. The highest BCUT2D eigenvalue weighted by molar-refractivity contribution is 7.91. The molecule has 0 saturated heterocycles. The number of halogens is 1. The normalized spacial score (nSPS) is 14.1. The molecule has 1 fully saturated rings. The lowest BCUT2D eigenvalue weighted by molar-refractivity contribution is -0.386. The highest BCUT2D eigenvalue weighted by Gasteiger charge is 2.37. The summed E-state index contributed by atoms with van der Waals surface area (Å²) in [5, 5.41) is 12.2. The molecule has 0 heterocycles. The zero-order valence-electron chi connectivity index (χ0n) is 23.3. The average molecular weight is 600 g/mol. The first-order chi connectivity index (χ1) is 19.6. The maximum absolute atomic E-state index is 13.9. The largest absolute Gasteiger partial charge is 0.440 e. The third kappa shape index (κ3) is 6.82. The summed E-state index contributed by atoms with van der Waals surface area (Å²) in [5.41, 5.74) is 2.24. The molecule has 1 aliphatic rings. The van der Waals surface area contributed by atoms with Crippen LogP contribution in [0.1, 0.15) is 50.3 Å². The summed E-state index contributed by atoms with van der Waals surface area (Å²) < 4.78 is 32.8. The number of aryl methyl sites for hydroxylation is 1. The number of carbonyl (C=O) groups excluding carboxylic acids is 1. The summed E-state index contributed by atoms with van der Waals surface area (Å²) in [6.07, 6.45) is 0.311. The molecule has 0 spiro atoms. The van der Waals surface area contributed by atoms with Gasteiger partial charge in [0.2, 0.25) is 0 Å². The van der Waals surface area contributed by atoms with Crippen LogP contribution in [0.2, 0.25) is 5.02 Å². The van der Waals surface area contributed by atoms with E-state index in [4.69, 9.17) is 16.3 Å². The van der Waals surface area contributed by atoms with Crippen LogP contribution < -0.4 is 9.80 Å². The maximum Gasteiger partial charge on any atom is 0.415 e. The van der Waals surface area contributed by atoms with E-state index in [9.17, 15) is 23.3 Å². The van der Waals surface area contributed by atoms with E-state index in [0.29, 0.717) is 10.7 Å². The second-order valence-corrected chi connectivity index (χ2v) is 12.5. The quantitative estimate of drug-likeness (QED) is 0.170. The van der Waals surface area contributed by atoms with Crippen molar-refractivity contribution in [2.75, 3.05) is 28.6 Å². The number of nitro groups is 1. The van der Waals surface area contributed by atoms with Gasteiger partial charge in [0.05, 0.1) is 26.8 Å². The van der Waals surface area contributed by atoms with Crippen LogP contribution in [0.15, 0.2) is 71.6 Å². The van der Waals surface area contributed by atoms with Gasteiger partial charge in [-0.2, -0.15) is 0 Å². The van der Waals surface area contributed by atoms with Crippen LogP contribution in [0.3, 0.4) is 0 Å². The molecule has 0 aromatic heterocycles. The number of carbonyl (C=O) groups is 1. The van der Waals surface area contributed by atoms with Gasteiger partial charge < -0.3 is 9.64 Å². The van der Waals surface area contributed by atoms with Gasteiger partial charge >= 0.3 is 6.09 Å². The molecule has 9 nitrogen and oxygen atoms in total. The van der Waals surface area contributed by atoms with E-state index in [1.807, 2.05) is 25.1 Å². The van der Waals surface area contributed by atoms with E-state index in [-0.39, 0.29) is 22.2 Å². The summed E-state index contributed by atoms with van der Waals surface area (Å²) >= 11 is 5.94. The SMILES string of the molecule is CCN(CC)c1ccc(N(C(=O)OC(CS(=O)(=O)c2ccc(Cl)cc2)c2ccccc2[N+](=O)[O-])C2CCC2)c(C)c1. The van der Waals surface area contributed by atoms with Gasteiger partial charge in [-0.15, -0.1) is 0 Å². The van der Waals surface area contributed by atoms with Crippen molar-refractivity contribution < 1.29 is 22.9 Å². The van der Waals surface area contributed by atoms with Gasteiger partial charge in [-0.1, -0.05) is 23.7 Å². The third-order valence-corrected chi connectivity index (χ3v) is 9.46. The molecule has 3 aromatic carbocycles. The van der Waals surface area contributed by atoms with E-state index in [1.54, 1.807) is 11.0 Å². The lowest BCUT2D eigenvalue weighted by atomic mass is 9.91. The fourth-order valence-electron chi connectivity index (χ4n) is 5.01. The molecule has 0 aliphatic heterocycles. The minimum absolute atomic E-state index is 0.00514. The van der Waals surface area contributed by atoms with Gasteiger partial charge in [0, 0.05) is 35.9 Å². The van der Waals surface area contributed by atoms with Crippen molar-refractivity contribution >= 4 is 44.6 Å². The molecule has 4 rings (SSSR count). The predicted molar refractivity (Wildman–Crippen MR) is 161 cm³/mol. The van der Waals surface area contributed by atoms with E-state index < -0.39 is 32.7 Å². The van der Waals surface area contributed by atoms with Gasteiger partial charge in [-0.3, -0.25) is 15.0 Å². The number of para-hydroxylation sites is 1. The van der Waals surface area contributed by atoms with Gasteiger partial charge in [-0.25, -0.2) is 13.2 Å². The van der Waals surface area contributed by atoms with Crippen molar-refractivity contribution in [2.45, 2.75) is 57.1 Å². The first-order valence-electron chi connectivity index (χ1n) is 13.6. The minimum Gasteiger partial charge on any atom is -0.440 e. The number of ether oxygens (including phenoxy) is 1. The number of hydrogen-bond acceptors (Lipinski definition) is 7. The summed E-state index contributed by atoms with van der Waals surface area (Å²) in [4.78, 5) is 28.9. The Bertz CT molecular complexity index is 1500. The van der Waals surface area contributed by atoms with Gasteiger partial charge in [0.15, 0.2) is 9.84 Å². The van der Waals surface area contributed by atoms with Crippen molar-refractivity contribution in [1.29, 1.82) is 0 Å². The molecule has 0 N–H and O–H groups in total. The molecule has 1 unspecified atom stereocenters. The molecular weight excluding hydrogens is 566 g/mol. The number of rotatable bonds is 11. The minimum atomic E-state index is -4.03. The Labute approximate surface area is 245 Å².